The van der Waals surface area contributed by atoms with Crippen LogP contribution in [-0.4, -0.2) is 30.5 Å². The first-order valence-electron chi connectivity index (χ1n) is 8.64. The van der Waals surface area contributed by atoms with Gasteiger partial charge in [-0.15, -0.1) is 11.3 Å². The van der Waals surface area contributed by atoms with Gasteiger partial charge in [-0.2, -0.15) is 0 Å². The van der Waals surface area contributed by atoms with Gasteiger partial charge in [-0.1, -0.05) is 0 Å². The predicted octanol–water partition coefficient (Wildman–Crippen LogP) is 4.28. The van der Waals surface area contributed by atoms with Crippen LogP contribution >= 0.6 is 11.3 Å². The van der Waals surface area contributed by atoms with Crippen LogP contribution in [0.15, 0.2) is 47.8 Å². The van der Waals surface area contributed by atoms with Gasteiger partial charge in [0, 0.05) is 16.5 Å². The molecule has 0 bridgehead atoms. The van der Waals surface area contributed by atoms with Crippen LogP contribution in [0.25, 0.3) is 10.6 Å². The monoisotopic (exact) mass is 415 g/mol. The van der Waals surface area contributed by atoms with E-state index in [0.717, 1.165) is 5.56 Å². The third kappa shape index (κ3) is 5.39. The molecule has 8 heteroatoms. The molecule has 0 aliphatic rings. The second kappa shape index (κ2) is 9.29. The average Bonchev–Trinajstić information content (AvgIpc) is 3.20. The van der Waals surface area contributed by atoms with E-state index in [1.165, 1.54) is 37.5 Å². The Morgan fingerprint density at radius 2 is 1.86 bits per heavy atom. The normalized spacial score (nSPS) is 10.4. The number of halogens is 1. The largest absolute Gasteiger partial charge is 0.493 e. The molecule has 2 aromatic carbocycles. The van der Waals surface area contributed by atoms with E-state index in [-0.39, 0.29) is 24.8 Å². The average molecular weight is 415 g/mol. The van der Waals surface area contributed by atoms with Gasteiger partial charge >= 0.3 is 5.97 Å². The molecule has 1 aromatic heterocycles. The summed E-state index contributed by atoms with van der Waals surface area (Å²) in [6, 6.07) is 10.7. The maximum atomic E-state index is 13.0. The fourth-order valence-corrected chi connectivity index (χ4v) is 3.25. The van der Waals surface area contributed by atoms with Crippen LogP contribution in [0.5, 0.6) is 11.5 Å². The third-order valence-electron chi connectivity index (χ3n) is 3.94. The third-order valence-corrected chi connectivity index (χ3v) is 4.88. The molecular formula is C21H18FNO5S. The lowest BCUT2D eigenvalue weighted by molar-refractivity contribution is -0.147. The summed E-state index contributed by atoms with van der Waals surface area (Å²) in [5.74, 6) is -0.292. The second-order valence-electron chi connectivity index (χ2n) is 6.02. The van der Waals surface area contributed by atoms with Crippen molar-refractivity contribution in [3.63, 3.8) is 0 Å². The van der Waals surface area contributed by atoms with Gasteiger partial charge in [0.2, 0.25) is 0 Å². The highest BCUT2D eigenvalue weighted by Gasteiger charge is 2.12. The van der Waals surface area contributed by atoms with Crippen LogP contribution in [0.2, 0.25) is 0 Å². The molecule has 1 heterocycles. The molecule has 0 amide bonds. The molecule has 3 rings (SSSR count). The Balaban J connectivity index is 1.53. The quantitative estimate of drug-likeness (QED) is 0.404. The lowest BCUT2D eigenvalue weighted by Gasteiger charge is -2.11. The van der Waals surface area contributed by atoms with Gasteiger partial charge in [-0.3, -0.25) is 4.79 Å². The Morgan fingerprint density at radius 3 is 2.55 bits per heavy atom. The number of rotatable bonds is 8. The smallest absolute Gasteiger partial charge is 0.344 e. The number of hydrogen-bond donors (Lipinski definition) is 0. The Morgan fingerprint density at radius 1 is 1.10 bits per heavy atom. The zero-order valence-corrected chi connectivity index (χ0v) is 16.6. The van der Waals surface area contributed by atoms with E-state index in [1.807, 2.05) is 0 Å². The van der Waals surface area contributed by atoms with Gasteiger partial charge in [0.15, 0.2) is 23.9 Å². The number of esters is 1. The molecule has 0 saturated carbocycles. The molecule has 150 valence electrons. The Hall–Kier alpha value is -3.26. The summed E-state index contributed by atoms with van der Waals surface area (Å²) < 4.78 is 28.8. The zero-order chi connectivity index (χ0) is 20.8. The molecule has 0 N–H and O–H groups in total. The van der Waals surface area contributed by atoms with E-state index in [0.29, 0.717) is 27.8 Å². The first-order valence-corrected chi connectivity index (χ1v) is 9.52. The van der Waals surface area contributed by atoms with Crippen molar-refractivity contribution in [1.82, 2.24) is 4.98 Å². The molecule has 3 aromatic rings. The number of nitrogens with zero attached hydrogens (tertiary/aromatic N) is 1. The fourth-order valence-electron chi connectivity index (χ4n) is 2.44. The van der Waals surface area contributed by atoms with Gasteiger partial charge in [-0.05, 0) is 49.4 Å². The fraction of sp³-hybridized carbons (Fsp3) is 0.190. The number of methoxy groups -OCH3 is 1. The van der Waals surface area contributed by atoms with Gasteiger partial charge in [0.25, 0.3) is 0 Å². The predicted molar refractivity (Wildman–Crippen MR) is 106 cm³/mol. The Labute approximate surface area is 170 Å². The molecule has 0 fully saturated rings. The van der Waals surface area contributed by atoms with Crippen LogP contribution in [0.4, 0.5) is 4.39 Å². The highest BCUT2D eigenvalue weighted by Crippen LogP contribution is 2.28. The van der Waals surface area contributed by atoms with Crippen LogP contribution in [0, 0.1) is 5.82 Å². The van der Waals surface area contributed by atoms with Crippen LogP contribution in [-0.2, 0) is 16.1 Å². The first kappa shape index (κ1) is 20.5. The van der Waals surface area contributed by atoms with Crippen LogP contribution < -0.4 is 9.47 Å². The summed E-state index contributed by atoms with van der Waals surface area (Å²) in [7, 11) is 1.45. The molecule has 0 aliphatic carbocycles. The van der Waals surface area contributed by atoms with Gasteiger partial charge in [0.05, 0.1) is 12.8 Å². The Kier molecular flexibility index (Phi) is 6.56. The summed E-state index contributed by atoms with van der Waals surface area (Å²) in [6.07, 6.45) is 0. The molecular weight excluding hydrogens is 397 g/mol. The molecule has 0 aliphatic heterocycles. The van der Waals surface area contributed by atoms with Crippen LogP contribution in [0.1, 0.15) is 23.0 Å². The summed E-state index contributed by atoms with van der Waals surface area (Å²) >= 11 is 1.38. The number of ketones is 1. The molecule has 0 spiro atoms. The maximum absolute atomic E-state index is 13.0. The van der Waals surface area contributed by atoms with Gasteiger partial charge in [-0.25, -0.2) is 14.2 Å². The van der Waals surface area contributed by atoms with E-state index in [9.17, 15) is 14.0 Å². The summed E-state index contributed by atoms with van der Waals surface area (Å²) in [5.41, 5.74) is 1.86. The molecule has 0 radical (unpaired) electrons. The molecule has 0 saturated heterocycles. The van der Waals surface area contributed by atoms with E-state index in [1.54, 1.807) is 35.7 Å². The minimum absolute atomic E-state index is 0.000295. The SMILES string of the molecule is COc1cc(C(C)=O)ccc1OCC(=O)OCc1csc(-c2ccc(F)cc2)n1. The number of thiazole rings is 1. The Bertz CT molecular complexity index is 1020. The van der Waals surface area contributed by atoms with E-state index in [4.69, 9.17) is 14.2 Å². The molecule has 6 nitrogen and oxygen atoms in total. The van der Waals surface area contributed by atoms with Crippen molar-refractivity contribution in [3.8, 4) is 22.1 Å². The standard InChI is InChI=1S/C21H18FNO5S/c1-13(24)15-5-8-18(19(9-15)26-2)27-11-20(25)28-10-17-12-29-21(23-17)14-3-6-16(22)7-4-14/h3-9,12H,10-11H2,1-2H3. The minimum atomic E-state index is -0.570. The highest BCUT2D eigenvalue weighted by atomic mass is 32.1. The van der Waals surface area contributed by atoms with Gasteiger partial charge < -0.3 is 14.2 Å². The topological polar surface area (TPSA) is 74.7 Å². The number of benzene rings is 2. The van der Waals surface area contributed by atoms with Crippen molar-refractivity contribution >= 4 is 23.1 Å². The summed E-state index contributed by atoms with van der Waals surface area (Å²) in [6.45, 7) is 1.14. The van der Waals surface area contributed by atoms with Crippen molar-refractivity contribution in [2.45, 2.75) is 13.5 Å². The minimum Gasteiger partial charge on any atom is -0.493 e. The van der Waals surface area contributed by atoms with Crippen molar-refractivity contribution in [2.24, 2.45) is 0 Å². The molecule has 0 unspecified atom stereocenters. The van der Waals surface area contributed by atoms with Crippen molar-refractivity contribution < 1.29 is 28.2 Å². The number of aromatic nitrogens is 1. The number of carbonyl (C=O) groups excluding carboxylic acids is 2. The van der Waals surface area contributed by atoms with E-state index >= 15 is 0 Å². The second-order valence-corrected chi connectivity index (χ2v) is 6.88. The first-order chi connectivity index (χ1) is 14.0. The van der Waals surface area contributed by atoms with E-state index < -0.39 is 5.97 Å². The zero-order valence-electron chi connectivity index (χ0n) is 15.8. The maximum Gasteiger partial charge on any atom is 0.344 e. The number of carbonyl (C=O) groups is 2. The van der Waals surface area contributed by atoms with Crippen molar-refractivity contribution in [3.05, 3.63) is 64.9 Å². The van der Waals surface area contributed by atoms with E-state index in [2.05, 4.69) is 4.98 Å². The molecule has 0 atom stereocenters. The molecule has 29 heavy (non-hydrogen) atoms. The van der Waals surface area contributed by atoms with Crippen LogP contribution in [0.3, 0.4) is 0 Å². The summed E-state index contributed by atoms with van der Waals surface area (Å²) in [4.78, 5) is 27.8. The lowest BCUT2D eigenvalue weighted by Crippen LogP contribution is -2.15. The van der Waals surface area contributed by atoms with Crippen molar-refractivity contribution in [2.75, 3.05) is 13.7 Å². The number of Topliss-reactive ketones (excluding diaryl/α,β-unsaturated/α-hetero) is 1. The summed E-state index contributed by atoms with van der Waals surface area (Å²) in [5, 5.41) is 2.48. The number of hydrogen-bond acceptors (Lipinski definition) is 7. The number of ether oxygens (including phenoxy) is 3. The highest BCUT2D eigenvalue weighted by molar-refractivity contribution is 7.13. The lowest BCUT2D eigenvalue weighted by atomic mass is 10.1. The van der Waals surface area contributed by atoms with Crippen molar-refractivity contribution in [1.29, 1.82) is 0 Å². The van der Waals surface area contributed by atoms with Gasteiger partial charge in [0.1, 0.15) is 17.4 Å².